The zero-order valence-electron chi connectivity index (χ0n) is 34.1. The molecule has 0 aliphatic heterocycles. The van der Waals surface area contributed by atoms with Crippen molar-refractivity contribution in [1.29, 1.82) is 0 Å². The average Bonchev–Trinajstić information content (AvgIpc) is 3.53. The second-order valence-corrected chi connectivity index (χ2v) is 19.3. The van der Waals surface area contributed by atoms with Gasteiger partial charge in [-0.1, -0.05) is 107 Å². The van der Waals surface area contributed by atoms with Crippen molar-refractivity contribution in [2.75, 3.05) is 14.2 Å². The third-order valence-corrected chi connectivity index (χ3v) is 11.0. The quantitative estimate of drug-likeness (QED) is 0.254. The first-order chi connectivity index (χ1) is 24.5. The smallest absolute Gasteiger partial charge is 0.186 e. The van der Waals surface area contributed by atoms with Gasteiger partial charge in [0.05, 0.1) is 14.2 Å². The molecular formula is C48H56O4S. The molecule has 0 N–H and O–H groups in total. The molecule has 0 saturated carbocycles. The molecule has 2 aliphatic carbocycles. The minimum absolute atomic E-state index is 0.107. The van der Waals surface area contributed by atoms with Gasteiger partial charge in [0.2, 0.25) is 0 Å². The Morgan fingerprint density at radius 1 is 0.434 bits per heavy atom. The Labute approximate surface area is 321 Å². The number of Topliss-reactive ketones (excluding diaryl/α,β-unsaturated/α-hetero) is 2. The number of methoxy groups -OCH3 is 2. The first-order valence-corrected chi connectivity index (χ1v) is 19.2. The van der Waals surface area contributed by atoms with Crippen LogP contribution in [-0.4, -0.2) is 25.8 Å². The Bertz CT molecular complexity index is 1890. The van der Waals surface area contributed by atoms with Crippen LogP contribution in [0.3, 0.4) is 0 Å². The first-order valence-electron chi connectivity index (χ1n) is 18.4. The Kier molecular flexibility index (Phi) is 10.8. The van der Waals surface area contributed by atoms with Crippen molar-refractivity contribution >= 4 is 34.0 Å². The summed E-state index contributed by atoms with van der Waals surface area (Å²) in [5, 5.41) is 0. The fourth-order valence-corrected chi connectivity index (χ4v) is 7.98. The number of carbonyl (C=O) groups excluding carboxylic acids is 2. The van der Waals surface area contributed by atoms with Crippen molar-refractivity contribution in [3.63, 3.8) is 0 Å². The second kappa shape index (κ2) is 14.4. The van der Waals surface area contributed by atoms with Crippen LogP contribution in [0, 0.1) is 21.7 Å². The van der Waals surface area contributed by atoms with Crippen molar-refractivity contribution in [3.8, 4) is 11.5 Å². The molecule has 0 saturated heterocycles. The van der Waals surface area contributed by atoms with Gasteiger partial charge in [0, 0.05) is 43.2 Å². The van der Waals surface area contributed by atoms with Crippen LogP contribution in [0.1, 0.15) is 104 Å². The highest BCUT2D eigenvalue weighted by atomic mass is 32.1. The van der Waals surface area contributed by atoms with Gasteiger partial charge in [-0.05, 0) is 105 Å². The van der Waals surface area contributed by atoms with Gasteiger partial charge in [-0.15, -0.1) is 11.3 Å². The Balaban J connectivity index is 1.87. The molecule has 2 aromatic carbocycles. The molecule has 53 heavy (non-hydrogen) atoms. The summed E-state index contributed by atoms with van der Waals surface area (Å²) in [5.41, 5.74) is 7.98. The molecule has 0 amide bonds. The maximum absolute atomic E-state index is 14.0. The molecular weight excluding hydrogens is 673 g/mol. The molecule has 3 aromatic rings. The molecule has 0 spiro atoms. The number of hydrogen-bond acceptors (Lipinski definition) is 5. The maximum Gasteiger partial charge on any atom is 0.186 e. The third-order valence-electron chi connectivity index (χ3n) is 9.84. The van der Waals surface area contributed by atoms with Crippen molar-refractivity contribution in [2.45, 2.75) is 83.1 Å². The van der Waals surface area contributed by atoms with Crippen molar-refractivity contribution in [1.82, 2.24) is 0 Å². The molecule has 0 radical (unpaired) electrons. The van der Waals surface area contributed by atoms with E-state index in [4.69, 9.17) is 9.47 Å². The highest BCUT2D eigenvalue weighted by molar-refractivity contribution is 7.14. The van der Waals surface area contributed by atoms with Crippen LogP contribution >= 0.6 is 11.3 Å². The second-order valence-electron chi connectivity index (χ2n) is 18.2. The van der Waals surface area contributed by atoms with Crippen LogP contribution < -0.4 is 9.47 Å². The molecule has 0 fully saturated rings. The number of benzene rings is 2. The molecule has 1 aromatic heterocycles. The summed E-state index contributed by atoms with van der Waals surface area (Å²) in [5.74, 6) is 1.77. The number of ketones is 2. The van der Waals surface area contributed by atoms with E-state index in [1.807, 2.05) is 24.3 Å². The lowest BCUT2D eigenvalue weighted by Crippen LogP contribution is -2.28. The summed E-state index contributed by atoms with van der Waals surface area (Å²) < 4.78 is 11.1. The van der Waals surface area contributed by atoms with Crippen LogP contribution in [0.4, 0.5) is 0 Å². The number of ether oxygens (including phenoxy) is 2. The molecule has 0 bridgehead atoms. The number of allylic oxidation sites excluding steroid dienone is 10. The average molecular weight is 729 g/mol. The van der Waals surface area contributed by atoms with Crippen LogP contribution in [-0.2, 0) is 9.59 Å². The van der Waals surface area contributed by atoms with E-state index in [1.165, 1.54) is 0 Å². The lowest BCUT2D eigenvalue weighted by molar-refractivity contribution is -0.114. The standard InChI is InChI=1S/C48H56O4S/c1-45(2,3)35-25-31(26-36(43(35)49)46(4,5)6)41(29-15-19-33(51-13)20-16-29)39-23-24-40(53-39)42(30-17-21-34(52-14)22-18-30)32-27-37(47(7,8)9)44(50)38(28-32)48(10,11)12/h15-28H,1-14H3. The molecule has 0 atom stereocenters. The summed E-state index contributed by atoms with van der Waals surface area (Å²) in [6.07, 6.45) is 8.40. The van der Waals surface area contributed by atoms with E-state index < -0.39 is 0 Å². The first kappa shape index (κ1) is 39.7. The zero-order chi connectivity index (χ0) is 39.3. The lowest BCUT2D eigenvalue weighted by Gasteiger charge is -2.32. The molecule has 278 valence electrons. The largest absolute Gasteiger partial charge is 0.497 e. The van der Waals surface area contributed by atoms with E-state index in [0.29, 0.717) is 0 Å². The predicted octanol–water partition coefficient (Wildman–Crippen LogP) is 12.4. The van der Waals surface area contributed by atoms with E-state index in [2.05, 4.69) is 144 Å². The Morgan fingerprint density at radius 3 is 0.925 bits per heavy atom. The predicted molar refractivity (Wildman–Crippen MR) is 223 cm³/mol. The number of hydrogen-bond donors (Lipinski definition) is 0. The fraction of sp³-hybridized carbons (Fsp3) is 0.375. The summed E-state index contributed by atoms with van der Waals surface area (Å²) >= 11 is 1.72. The van der Waals surface area contributed by atoms with E-state index >= 15 is 0 Å². The summed E-state index contributed by atoms with van der Waals surface area (Å²) in [6.45, 7) is 25.3. The third kappa shape index (κ3) is 8.36. The van der Waals surface area contributed by atoms with Crippen molar-refractivity contribution in [2.24, 2.45) is 21.7 Å². The normalized spacial score (nSPS) is 15.8. The highest BCUT2D eigenvalue weighted by Gasteiger charge is 2.36. The van der Waals surface area contributed by atoms with E-state index in [1.54, 1.807) is 25.6 Å². The Morgan fingerprint density at radius 2 is 0.698 bits per heavy atom. The van der Waals surface area contributed by atoms with Crippen LogP contribution in [0.25, 0.3) is 11.1 Å². The van der Waals surface area contributed by atoms with Crippen LogP contribution in [0.2, 0.25) is 0 Å². The van der Waals surface area contributed by atoms with Gasteiger partial charge in [-0.3, -0.25) is 9.59 Å². The van der Waals surface area contributed by atoms with E-state index in [0.717, 1.165) is 77.0 Å². The summed E-state index contributed by atoms with van der Waals surface area (Å²) in [7, 11) is 3.35. The Hall–Kier alpha value is -4.48. The monoisotopic (exact) mass is 728 g/mol. The molecule has 0 unspecified atom stereocenters. The van der Waals surface area contributed by atoms with E-state index in [9.17, 15) is 9.59 Å². The molecule has 2 aliphatic rings. The fourth-order valence-electron chi connectivity index (χ4n) is 6.80. The van der Waals surface area contributed by atoms with Crippen LogP contribution in [0.15, 0.2) is 118 Å². The molecule has 5 heteroatoms. The molecule has 5 rings (SSSR count). The summed E-state index contributed by atoms with van der Waals surface area (Å²) in [4.78, 5) is 30.2. The molecule has 1 heterocycles. The van der Waals surface area contributed by atoms with Gasteiger partial charge in [0.1, 0.15) is 11.5 Å². The SMILES string of the molecule is COc1ccc(C(=C2C=C(C(C)(C)C)C(=O)C(C(C)(C)C)=C2)c2ccc(C(=C3C=C(C(C)(C)C)C(=O)C(C(C)(C)C)=C3)c3ccc(OC)cc3)s2)cc1. The minimum atomic E-state index is -0.350. The van der Waals surface area contributed by atoms with E-state index in [-0.39, 0.29) is 33.2 Å². The minimum Gasteiger partial charge on any atom is -0.497 e. The van der Waals surface area contributed by atoms with Gasteiger partial charge >= 0.3 is 0 Å². The van der Waals surface area contributed by atoms with Gasteiger partial charge in [0.25, 0.3) is 0 Å². The van der Waals surface area contributed by atoms with Crippen molar-refractivity contribution in [3.05, 3.63) is 139 Å². The highest BCUT2D eigenvalue weighted by Crippen LogP contribution is 2.46. The van der Waals surface area contributed by atoms with Gasteiger partial charge < -0.3 is 9.47 Å². The lowest BCUT2D eigenvalue weighted by atomic mass is 9.71. The molecule has 4 nitrogen and oxygen atoms in total. The van der Waals surface area contributed by atoms with Gasteiger partial charge in [0.15, 0.2) is 11.6 Å². The summed E-state index contributed by atoms with van der Waals surface area (Å²) in [6, 6.07) is 20.7. The number of rotatable bonds is 6. The number of thiophene rings is 1. The van der Waals surface area contributed by atoms with Crippen LogP contribution in [0.5, 0.6) is 11.5 Å². The maximum atomic E-state index is 14.0. The zero-order valence-corrected chi connectivity index (χ0v) is 34.9. The van der Waals surface area contributed by atoms with Gasteiger partial charge in [-0.25, -0.2) is 0 Å². The van der Waals surface area contributed by atoms with Gasteiger partial charge in [-0.2, -0.15) is 0 Å². The topological polar surface area (TPSA) is 52.6 Å². The number of carbonyl (C=O) groups is 2. The van der Waals surface area contributed by atoms with Crippen molar-refractivity contribution < 1.29 is 19.1 Å².